The summed E-state index contributed by atoms with van der Waals surface area (Å²) in [6.07, 6.45) is 1.76. The van der Waals surface area contributed by atoms with Crippen molar-refractivity contribution in [3.63, 3.8) is 0 Å². The summed E-state index contributed by atoms with van der Waals surface area (Å²) in [6, 6.07) is 46.8. The summed E-state index contributed by atoms with van der Waals surface area (Å²) < 4.78 is 2.01. The molecule has 7 aromatic rings. The molecular weight excluding hydrogens is 712 g/mol. The quantitative estimate of drug-likeness (QED) is 0.180. The zero-order valence-corrected chi connectivity index (χ0v) is 25.0. The van der Waals surface area contributed by atoms with Crippen LogP contribution in [0, 0.1) is 17.4 Å². The van der Waals surface area contributed by atoms with Crippen LogP contribution in [0.1, 0.15) is 5.56 Å². The van der Waals surface area contributed by atoms with Crippen molar-refractivity contribution in [3.05, 3.63) is 145 Å². The normalized spacial score (nSPS) is 10.7. The van der Waals surface area contributed by atoms with Gasteiger partial charge < -0.3 is 5.11 Å². The van der Waals surface area contributed by atoms with Gasteiger partial charge in [0.2, 0.25) is 0 Å². The van der Waals surface area contributed by atoms with Crippen LogP contribution in [0.15, 0.2) is 134 Å². The van der Waals surface area contributed by atoms with Crippen LogP contribution < -0.4 is 0 Å². The van der Waals surface area contributed by atoms with Gasteiger partial charge in [-0.25, -0.2) is 4.98 Å². The van der Waals surface area contributed by atoms with Crippen LogP contribution >= 0.6 is 0 Å². The fraction of sp³-hybridized carbons (Fsp3) is 0. The van der Waals surface area contributed by atoms with Gasteiger partial charge >= 0.3 is 0 Å². The van der Waals surface area contributed by atoms with Gasteiger partial charge in [0.25, 0.3) is 0 Å². The van der Waals surface area contributed by atoms with Crippen molar-refractivity contribution in [2.45, 2.75) is 0 Å². The number of hydrogen-bond donors (Lipinski definition) is 1. The summed E-state index contributed by atoms with van der Waals surface area (Å²) in [5.41, 5.74) is 8.86. The van der Waals surface area contributed by atoms with Gasteiger partial charge in [-0.15, -0.1) is 29.8 Å². The van der Waals surface area contributed by atoms with E-state index in [0.29, 0.717) is 22.5 Å². The molecule has 2 aromatic heterocycles. The summed E-state index contributed by atoms with van der Waals surface area (Å²) in [7, 11) is 0. The van der Waals surface area contributed by atoms with Crippen LogP contribution in [0.25, 0.3) is 61.6 Å². The molecule has 208 valence electrons. The zero-order valence-electron chi connectivity index (χ0n) is 22.8. The molecule has 0 saturated heterocycles. The predicted molar refractivity (Wildman–Crippen MR) is 166 cm³/mol. The van der Waals surface area contributed by atoms with E-state index in [4.69, 9.17) is 4.98 Å². The monoisotopic (exact) mass is 734 g/mol. The van der Waals surface area contributed by atoms with Crippen molar-refractivity contribution in [1.82, 2.24) is 14.5 Å². The Morgan fingerprint density at radius 3 is 2.16 bits per heavy atom. The largest absolute Gasteiger partial charge is 0.507 e. The van der Waals surface area contributed by atoms with Gasteiger partial charge in [0, 0.05) is 44.2 Å². The molecule has 0 spiro atoms. The van der Waals surface area contributed by atoms with Gasteiger partial charge in [-0.05, 0) is 47.5 Å². The number of aromatic hydroxyl groups is 1. The molecule has 0 radical (unpaired) electrons. The van der Waals surface area contributed by atoms with Crippen molar-refractivity contribution >= 4 is 11.0 Å². The van der Waals surface area contributed by atoms with Gasteiger partial charge in [0.1, 0.15) is 11.6 Å². The van der Waals surface area contributed by atoms with Gasteiger partial charge in [-0.1, -0.05) is 83.9 Å². The van der Waals surface area contributed by atoms with Crippen molar-refractivity contribution in [2.75, 3.05) is 0 Å². The first-order chi connectivity index (χ1) is 20.7. The molecule has 0 atom stereocenters. The van der Waals surface area contributed by atoms with Crippen molar-refractivity contribution < 1.29 is 26.2 Å². The second kappa shape index (κ2) is 11.9. The SMILES string of the molecule is N#Cc1cc(-c2[c-]c(-c3ccccn3)ccc2)c2nc(-c3ccccc3O)n(-c3ccc(-c4ccccc4)cc3)c2c1.[Pt]. The second-order valence-electron chi connectivity index (χ2n) is 9.90. The topological polar surface area (TPSA) is 74.7 Å². The van der Waals surface area contributed by atoms with Crippen LogP contribution in [-0.4, -0.2) is 19.6 Å². The first-order valence-corrected chi connectivity index (χ1v) is 13.5. The molecule has 0 amide bonds. The number of nitrogens with zero attached hydrogens (tertiary/aromatic N) is 4. The third-order valence-electron chi connectivity index (χ3n) is 7.29. The number of nitriles is 1. The Bertz CT molecular complexity index is 2100. The van der Waals surface area contributed by atoms with Crippen LogP contribution in [0.3, 0.4) is 0 Å². The molecule has 1 N–H and O–H groups in total. The third-order valence-corrected chi connectivity index (χ3v) is 7.29. The van der Waals surface area contributed by atoms with E-state index in [9.17, 15) is 10.4 Å². The fourth-order valence-electron chi connectivity index (χ4n) is 5.28. The molecule has 0 fully saturated rings. The Morgan fingerprint density at radius 2 is 1.42 bits per heavy atom. The maximum Gasteiger partial charge on any atom is 0.148 e. The molecule has 7 rings (SSSR count). The predicted octanol–water partition coefficient (Wildman–Crippen LogP) is 8.46. The maximum absolute atomic E-state index is 10.9. The van der Waals surface area contributed by atoms with Crippen molar-refractivity contribution in [3.8, 4) is 62.4 Å². The standard InChI is InChI=1S/C37H23N4O.Pt/c38-24-25-21-32(28-11-8-12-29(23-28)33-14-6-7-20-39-33)36-34(22-25)41(37(40-36)31-13-4-5-15-35(31)42)30-18-16-27(17-19-30)26-9-2-1-3-10-26;/h1-22,42H;/q-1;. The van der Waals surface area contributed by atoms with Gasteiger partial charge in [-0.3, -0.25) is 9.55 Å². The minimum Gasteiger partial charge on any atom is -0.507 e. The number of pyridine rings is 1. The van der Waals surface area contributed by atoms with Gasteiger partial charge in [0.05, 0.1) is 22.7 Å². The van der Waals surface area contributed by atoms with E-state index in [2.05, 4.69) is 41.4 Å². The number of imidazole rings is 1. The number of fused-ring (bicyclic) bond motifs is 1. The number of benzene rings is 5. The van der Waals surface area contributed by atoms with E-state index in [-0.39, 0.29) is 26.8 Å². The van der Waals surface area contributed by atoms with Crippen molar-refractivity contribution in [2.24, 2.45) is 0 Å². The summed E-state index contributed by atoms with van der Waals surface area (Å²) in [5, 5.41) is 20.9. The van der Waals surface area contributed by atoms with Crippen LogP contribution in [0.5, 0.6) is 5.75 Å². The Balaban J connectivity index is 0.00000329. The molecule has 0 unspecified atom stereocenters. The maximum atomic E-state index is 10.9. The zero-order chi connectivity index (χ0) is 28.5. The summed E-state index contributed by atoms with van der Waals surface area (Å²) in [4.78, 5) is 9.60. The average molecular weight is 735 g/mol. The molecule has 2 heterocycles. The number of phenolic OH excluding ortho intramolecular Hbond substituents is 1. The molecule has 6 heteroatoms. The van der Waals surface area contributed by atoms with Crippen LogP contribution in [-0.2, 0) is 21.1 Å². The van der Waals surface area contributed by atoms with E-state index >= 15 is 0 Å². The Labute approximate surface area is 263 Å². The molecule has 0 aliphatic heterocycles. The molecule has 5 nitrogen and oxygen atoms in total. The number of aromatic nitrogens is 3. The fourth-order valence-corrected chi connectivity index (χ4v) is 5.28. The molecule has 5 aromatic carbocycles. The Hall–Kier alpha value is -5.30. The molecular formula is C37H23N4OPt-. The smallest absolute Gasteiger partial charge is 0.148 e. The number of para-hydroxylation sites is 1. The summed E-state index contributed by atoms with van der Waals surface area (Å²) in [6.45, 7) is 0. The second-order valence-corrected chi connectivity index (χ2v) is 9.90. The Morgan fingerprint density at radius 1 is 0.698 bits per heavy atom. The molecule has 43 heavy (non-hydrogen) atoms. The first kappa shape index (κ1) is 27.8. The molecule has 0 saturated carbocycles. The Kier molecular flexibility index (Phi) is 7.70. The van der Waals surface area contributed by atoms with Gasteiger partial charge in [-0.2, -0.15) is 5.26 Å². The van der Waals surface area contributed by atoms with E-state index in [1.807, 2.05) is 95.6 Å². The van der Waals surface area contributed by atoms with Crippen LogP contribution in [0.4, 0.5) is 0 Å². The minimum atomic E-state index is 0. The molecule has 0 aliphatic carbocycles. The summed E-state index contributed by atoms with van der Waals surface area (Å²) >= 11 is 0. The number of rotatable bonds is 5. The first-order valence-electron chi connectivity index (χ1n) is 13.5. The van der Waals surface area contributed by atoms with E-state index in [0.717, 1.165) is 44.7 Å². The summed E-state index contributed by atoms with van der Waals surface area (Å²) in [5.74, 6) is 0.702. The van der Waals surface area contributed by atoms with E-state index in [1.165, 1.54) is 0 Å². The minimum absolute atomic E-state index is 0. The third kappa shape index (κ3) is 5.25. The van der Waals surface area contributed by atoms with E-state index in [1.54, 1.807) is 18.3 Å². The van der Waals surface area contributed by atoms with E-state index < -0.39 is 0 Å². The average Bonchev–Trinajstić information content (AvgIpc) is 3.44. The van der Waals surface area contributed by atoms with Crippen molar-refractivity contribution in [1.29, 1.82) is 5.26 Å². The van der Waals surface area contributed by atoms with Crippen LogP contribution in [0.2, 0.25) is 0 Å². The van der Waals surface area contributed by atoms with Gasteiger partial charge in [0.15, 0.2) is 0 Å². The molecule has 0 bridgehead atoms. The molecule has 0 aliphatic rings. The number of phenols is 1. The number of hydrogen-bond acceptors (Lipinski definition) is 4.